The lowest BCUT2D eigenvalue weighted by Gasteiger charge is -2.08. The predicted octanol–water partition coefficient (Wildman–Crippen LogP) is 2.99. The van der Waals surface area contributed by atoms with Crippen LogP contribution in [0.2, 0.25) is 0 Å². The number of carbonyl (C=O) groups excluding carboxylic acids is 1. The standard InChI is InChI=1S/C10H13BrN2O2/c1-2-5-15-10(14)13-9-4-3-7(12)6-8(9)11/h3-4,6H,2,5,12H2,1H3,(H,13,14). The fourth-order valence-corrected chi connectivity index (χ4v) is 1.47. The van der Waals surface area contributed by atoms with Crippen LogP contribution in [0.3, 0.4) is 0 Å². The van der Waals surface area contributed by atoms with Gasteiger partial charge in [-0.2, -0.15) is 0 Å². The number of amides is 1. The third kappa shape index (κ3) is 3.79. The Balaban J connectivity index is 2.60. The van der Waals surface area contributed by atoms with Crippen molar-refractivity contribution in [3.8, 4) is 0 Å². The summed E-state index contributed by atoms with van der Waals surface area (Å²) in [5.41, 5.74) is 6.84. The average molecular weight is 273 g/mol. The SMILES string of the molecule is CCCOC(=O)Nc1ccc(N)cc1Br. The third-order valence-corrected chi connectivity index (χ3v) is 2.32. The summed E-state index contributed by atoms with van der Waals surface area (Å²) >= 11 is 3.29. The zero-order valence-corrected chi connectivity index (χ0v) is 10.0. The van der Waals surface area contributed by atoms with Crippen LogP contribution in [0.25, 0.3) is 0 Å². The van der Waals surface area contributed by atoms with Crippen molar-refractivity contribution in [1.82, 2.24) is 0 Å². The molecule has 0 atom stereocenters. The number of nitrogen functional groups attached to an aromatic ring is 1. The average Bonchev–Trinajstić information content (AvgIpc) is 2.19. The predicted molar refractivity (Wildman–Crippen MR) is 63.8 cm³/mol. The smallest absolute Gasteiger partial charge is 0.411 e. The maximum Gasteiger partial charge on any atom is 0.411 e. The second kappa shape index (κ2) is 5.60. The van der Waals surface area contributed by atoms with Gasteiger partial charge in [-0.3, -0.25) is 5.32 Å². The molecule has 3 N–H and O–H groups in total. The van der Waals surface area contributed by atoms with E-state index in [-0.39, 0.29) is 0 Å². The molecule has 5 heteroatoms. The Morgan fingerprint density at radius 3 is 2.93 bits per heavy atom. The number of halogens is 1. The van der Waals surface area contributed by atoms with Crippen molar-refractivity contribution in [1.29, 1.82) is 0 Å². The van der Waals surface area contributed by atoms with E-state index in [1.807, 2.05) is 6.92 Å². The van der Waals surface area contributed by atoms with Gasteiger partial charge in [0.25, 0.3) is 0 Å². The van der Waals surface area contributed by atoms with Gasteiger partial charge in [0, 0.05) is 10.2 Å². The lowest BCUT2D eigenvalue weighted by Crippen LogP contribution is -2.14. The second-order valence-electron chi connectivity index (χ2n) is 3.00. The number of ether oxygens (including phenoxy) is 1. The Hall–Kier alpha value is -1.23. The number of anilines is 2. The first-order chi connectivity index (χ1) is 7.13. The lowest BCUT2D eigenvalue weighted by atomic mass is 10.3. The molecule has 0 saturated carbocycles. The molecule has 0 radical (unpaired) electrons. The first-order valence-corrected chi connectivity index (χ1v) is 5.41. The molecule has 1 aromatic rings. The Morgan fingerprint density at radius 1 is 1.60 bits per heavy atom. The highest BCUT2D eigenvalue weighted by atomic mass is 79.9. The van der Waals surface area contributed by atoms with E-state index in [1.54, 1.807) is 18.2 Å². The number of hydrogen-bond donors (Lipinski definition) is 2. The first kappa shape index (κ1) is 11.8. The van der Waals surface area contributed by atoms with E-state index in [2.05, 4.69) is 21.2 Å². The van der Waals surface area contributed by atoms with Crippen LogP contribution in [0.1, 0.15) is 13.3 Å². The van der Waals surface area contributed by atoms with Crippen molar-refractivity contribution >= 4 is 33.4 Å². The molecule has 0 bridgehead atoms. The zero-order chi connectivity index (χ0) is 11.3. The first-order valence-electron chi connectivity index (χ1n) is 4.62. The van der Waals surface area contributed by atoms with E-state index in [4.69, 9.17) is 10.5 Å². The fraction of sp³-hybridized carbons (Fsp3) is 0.300. The molecule has 0 fully saturated rings. The Morgan fingerprint density at radius 2 is 2.33 bits per heavy atom. The minimum absolute atomic E-state index is 0.415. The normalized spacial score (nSPS) is 9.73. The number of nitrogens with one attached hydrogen (secondary N) is 1. The fourth-order valence-electron chi connectivity index (χ4n) is 0.974. The number of rotatable bonds is 3. The zero-order valence-electron chi connectivity index (χ0n) is 8.42. The van der Waals surface area contributed by atoms with Crippen LogP contribution in [0, 0.1) is 0 Å². The molecule has 0 aromatic heterocycles. The third-order valence-electron chi connectivity index (χ3n) is 1.67. The quantitative estimate of drug-likeness (QED) is 0.832. The van der Waals surface area contributed by atoms with Crippen LogP contribution in [-0.2, 0) is 4.74 Å². The highest BCUT2D eigenvalue weighted by molar-refractivity contribution is 9.10. The summed E-state index contributed by atoms with van der Waals surface area (Å²) in [6.07, 6.45) is 0.346. The molecule has 1 rings (SSSR count). The van der Waals surface area contributed by atoms with E-state index in [9.17, 15) is 4.79 Å². The maximum absolute atomic E-state index is 11.2. The topological polar surface area (TPSA) is 64.3 Å². The van der Waals surface area contributed by atoms with Gasteiger partial charge < -0.3 is 10.5 Å². The lowest BCUT2D eigenvalue weighted by molar-refractivity contribution is 0.161. The van der Waals surface area contributed by atoms with E-state index in [0.717, 1.165) is 10.9 Å². The van der Waals surface area contributed by atoms with Crippen molar-refractivity contribution in [2.45, 2.75) is 13.3 Å². The van der Waals surface area contributed by atoms with Crippen molar-refractivity contribution in [3.05, 3.63) is 22.7 Å². The molecule has 0 saturated heterocycles. The summed E-state index contributed by atoms with van der Waals surface area (Å²) in [5, 5.41) is 2.61. The Kier molecular flexibility index (Phi) is 4.42. The monoisotopic (exact) mass is 272 g/mol. The highest BCUT2D eigenvalue weighted by Crippen LogP contribution is 2.24. The minimum Gasteiger partial charge on any atom is -0.449 e. The molecule has 0 spiro atoms. The van der Waals surface area contributed by atoms with Gasteiger partial charge in [0.1, 0.15) is 0 Å². The van der Waals surface area contributed by atoms with E-state index >= 15 is 0 Å². The van der Waals surface area contributed by atoms with Gasteiger partial charge in [0.05, 0.1) is 12.3 Å². The summed E-state index contributed by atoms with van der Waals surface area (Å²) in [4.78, 5) is 11.2. The van der Waals surface area contributed by atoms with Crippen LogP contribution in [0.5, 0.6) is 0 Å². The summed E-state index contributed by atoms with van der Waals surface area (Å²) in [7, 11) is 0. The number of hydrogen-bond acceptors (Lipinski definition) is 3. The second-order valence-corrected chi connectivity index (χ2v) is 3.85. The van der Waals surface area contributed by atoms with E-state index in [1.165, 1.54) is 0 Å². The van der Waals surface area contributed by atoms with Crippen LogP contribution >= 0.6 is 15.9 Å². The minimum atomic E-state index is -0.456. The van der Waals surface area contributed by atoms with Crippen molar-refractivity contribution in [2.24, 2.45) is 0 Å². The summed E-state index contributed by atoms with van der Waals surface area (Å²) < 4.78 is 5.61. The molecule has 0 aliphatic heterocycles. The van der Waals surface area contributed by atoms with Crippen LogP contribution in [0.15, 0.2) is 22.7 Å². The summed E-state index contributed by atoms with van der Waals surface area (Å²) in [6.45, 7) is 2.35. The van der Waals surface area contributed by atoms with E-state index in [0.29, 0.717) is 18.0 Å². The largest absolute Gasteiger partial charge is 0.449 e. The van der Waals surface area contributed by atoms with E-state index < -0.39 is 6.09 Å². The molecule has 0 aliphatic rings. The summed E-state index contributed by atoms with van der Waals surface area (Å²) in [6, 6.07) is 5.14. The van der Waals surface area contributed by atoms with Gasteiger partial charge >= 0.3 is 6.09 Å². The van der Waals surface area contributed by atoms with Gasteiger partial charge in [-0.05, 0) is 40.5 Å². The molecule has 82 valence electrons. The van der Waals surface area contributed by atoms with Gasteiger partial charge in [-0.25, -0.2) is 4.79 Å². The molecule has 0 unspecified atom stereocenters. The maximum atomic E-state index is 11.2. The molecular formula is C10H13BrN2O2. The van der Waals surface area contributed by atoms with Gasteiger partial charge in [-0.1, -0.05) is 6.92 Å². The molecule has 0 aliphatic carbocycles. The molecular weight excluding hydrogens is 260 g/mol. The van der Waals surface area contributed by atoms with Crippen LogP contribution < -0.4 is 11.1 Å². The molecule has 1 amide bonds. The number of nitrogens with two attached hydrogens (primary N) is 1. The molecule has 0 heterocycles. The van der Waals surface area contributed by atoms with Crippen LogP contribution in [0.4, 0.5) is 16.2 Å². The van der Waals surface area contributed by atoms with Gasteiger partial charge in [-0.15, -0.1) is 0 Å². The molecule has 1 aromatic carbocycles. The Labute approximate surface area is 96.9 Å². The number of benzene rings is 1. The van der Waals surface area contributed by atoms with Crippen molar-refractivity contribution < 1.29 is 9.53 Å². The molecule has 15 heavy (non-hydrogen) atoms. The van der Waals surface area contributed by atoms with Crippen molar-refractivity contribution in [3.63, 3.8) is 0 Å². The van der Waals surface area contributed by atoms with Crippen molar-refractivity contribution in [2.75, 3.05) is 17.7 Å². The van der Waals surface area contributed by atoms with Crippen LogP contribution in [-0.4, -0.2) is 12.7 Å². The summed E-state index contributed by atoms with van der Waals surface area (Å²) in [5.74, 6) is 0. The number of carbonyl (C=O) groups is 1. The van der Waals surface area contributed by atoms with Gasteiger partial charge in [0.2, 0.25) is 0 Å². The highest BCUT2D eigenvalue weighted by Gasteiger charge is 2.05. The molecule has 4 nitrogen and oxygen atoms in total. The van der Waals surface area contributed by atoms with Gasteiger partial charge in [0.15, 0.2) is 0 Å². The Bertz CT molecular complexity index is 355.